The van der Waals surface area contributed by atoms with Crippen LogP contribution < -0.4 is 9.80 Å². The van der Waals surface area contributed by atoms with E-state index >= 15 is 0 Å². The van der Waals surface area contributed by atoms with E-state index in [0.29, 0.717) is 0 Å². The van der Waals surface area contributed by atoms with Crippen molar-refractivity contribution in [3.8, 4) is 0 Å². The van der Waals surface area contributed by atoms with E-state index in [9.17, 15) is 0 Å². The second-order valence-corrected chi connectivity index (χ2v) is 16.8. The summed E-state index contributed by atoms with van der Waals surface area (Å²) in [6.07, 6.45) is 0. The second kappa shape index (κ2) is 13.6. The lowest BCUT2D eigenvalue weighted by Crippen LogP contribution is -2.10. The van der Waals surface area contributed by atoms with Crippen LogP contribution >= 0.6 is 0 Å². The standard InChI is InChI=1S/C56H44N2O2/c1-33-7-13-43(14-8-33)57(47-23-35(3)21-36(4)24-47)45-17-11-39-29-50-49-19-20-52-55(56(49)60-53(50)31-41(39)27-45)51-30-40-12-18-46(28-42(40)32-54(51)59-52)58(44-15-9-34(2)10-16-44)48-25-37(5)22-38(6)26-48/h7-32H,1-6H3. The zero-order valence-electron chi connectivity index (χ0n) is 34.7. The molecule has 0 radical (unpaired) electrons. The lowest BCUT2D eigenvalue weighted by molar-refractivity contribution is 0.663. The molecule has 0 aliphatic carbocycles. The summed E-state index contributed by atoms with van der Waals surface area (Å²) in [5.41, 5.74) is 17.5. The molecule has 0 bridgehead atoms. The van der Waals surface area contributed by atoms with Gasteiger partial charge in [0.15, 0.2) is 0 Å². The van der Waals surface area contributed by atoms with Crippen LogP contribution in [0.3, 0.4) is 0 Å². The van der Waals surface area contributed by atoms with Crippen LogP contribution in [-0.4, -0.2) is 0 Å². The summed E-state index contributed by atoms with van der Waals surface area (Å²) in [6.45, 7) is 12.9. The summed E-state index contributed by atoms with van der Waals surface area (Å²) in [6, 6.07) is 57.6. The smallest absolute Gasteiger partial charge is 0.147 e. The van der Waals surface area contributed by atoms with Crippen molar-refractivity contribution in [1.82, 2.24) is 0 Å². The van der Waals surface area contributed by atoms with Gasteiger partial charge in [-0.2, -0.15) is 0 Å². The molecule has 2 heterocycles. The molecule has 0 N–H and O–H groups in total. The molecule has 0 saturated carbocycles. The minimum atomic E-state index is 0.817. The number of anilines is 6. The first-order valence-corrected chi connectivity index (χ1v) is 20.7. The van der Waals surface area contributed by atoms with Gasteiger partial charge in [-0.25, -0.2) is 0 Å². The van der Waals surface area contributed by atoms with Crippen molar-refractivity contribution < 1.29 is 8.83 Å². The fourth-order valence-electron chi connectivity index (χ4n) is 9.27. The molecular weight excluding hydrogens is 733 g/mol. The van der Waals surface area contributed by atoms with E-state index in [1.807, 2.05) is 0 Å². The van der Waals surface area contributed by atoms with Gasteiger partial charge in [-0.3, -0.25) is 0 Å². The van der Waals surface area contributed by atoms with Crippen LogP contribution in [0.15, 0.2) is 167 Å². The van der Waals surface area contributed by atoms with Crippen molar-refractivity contribution in [2.45, 2.75) is 41.5 Å². The Morgan fingerprint density at radius 1 is 0.283 bits per heavy atom. The van der Waals surface area contributed by atoms with Crippen molar-refractivity contribution in [3.63, 3.8) is 0 Å². The average Bonchev–Trinajstić information content (AvgIpc) is 3.77. The first kappa shape index (κ1) is 35.8. The Hall–Kier alpha value is -7.30. The molecule has 0 unspecified atom stereocenters. The maximum atomic E-state index is 6.86. The number of rotatable bonds is 6. The van der Waals surface area contributed by atoms with Gasteiger partial charge in [0.25, 0.3) is 0 Å². The first-order valence-electron chi connectivity index (χ1n) is 20.7. The largest absolute Gasteiger partial charge is 0.456 e. The molecule has 0 saturated heterocycles. The van der Waals surface area contributed by atoms with E-state index in [4.69, 9.17) is 8.83 Å². The minimum Gasteiger partial charge on any atom is -0.456 e. The summed E-state index contributed by atoms with van der Waals surface area (Å²) in [7, 11) is 0. The monoisotopic (exact) mass is 776 g/mol. The number of furan rings is 2. The van der Waals surface area contributed by atoms with Crippen molar-refractivity contribution in [2.75, 3.05) is 9.80 Å². The Bertz CT molecular complexity index is 3460. The zero-order valence-corrected chi connectivity index (χ0v) is 34.7. The van der Waals surface area contributed by atoms with Gasteiger partial charge in [-0.15, -0.1) is 0 Å². The molecule has 290 valence electrons. The quantitative estimate of drug-likeness (QED) is 0.168. The molecule has 60 heavy (non-hydrogen) atoms. The molecule has 4 nitrogen and oxygen atoms in total. The zero-order chi connectivity index (χ0) is 40.8. The van der Waals surface area contributed by atoms with Crippen molar-refractivity contribution in [3.05, 3.63) is 191 Å². The number of aryl methyl sites for hydroxylation is 6. The van der Waals surface area contributed by atoms with Gasteiger partial charge < -0.3 is 18.6 Å². The summed E-state index contributed by atoms with van der Waals surface area (Å²) < 4.78 is 13.5. The molecule has 0 aliphatic rings. The number of fused-ring (bicyclic) bond motifs is 9. The van der Waals surface area contributed by atoms with Gasteiger partial charge in [0, 0.05) is 50.3 Å². The average molecular weight is 777 g/mol. The van der Waals surface area contributed by atoms with Crippen LogP contribution in [0.4, 0.5) is 34.1 Å². The minimum absolute atomic E-state index is 0.817. The number of hydrogen-bond donors (Lipinski definition) is 0. The third kappa shape index (κ3) is 6.06. The number of benzene rings is 9. The summed E-state index contributed by atoms with van der Waals surface area (Å²) in [4.78, 5) is 4.69. The second-order valence-electron chi connectivity index (χ2n) is 16.8. The molecule has 2 aromatic heterocycles. The molecule has 0 atom stereocenters. The highest BCUT2D eigenvalue weighted by Gasteiger charge is 2.20. The SMILES string of the molecule is Cc1ccc(N(c2cc(C)cc(C)c2)c2ccc3cc4c(cc3c2)oc2c4ccc3oc4cc5cc(N(c6ccc(C)cc6)c6cc(C)cc(C)c6)ccc5cc4c32)cc1. The van der Waals surface area contributed by atoms with E-state index in [0.717, 1.165) is 99.5 Å². The van der Waals surface area contributed by atoms with Crippen molar-refractivity contribution >= 4 is 99.5 Å². The predicted octanol–water partition coefficient (Wildman–Crippen LogP) is 16.6. The first-order chi connectivity index (χ1) is 29.1. The number of nitrogens with zero attached hydrogens (tertiary/aromatic N) is 2. The van der Waals surface area contributed by atoms with Crippen LogP contribution in [-0.2, 0) is 0 Å². The topological polar surface area (TPSA) is 32.8 Å². The molecule has 0 aliphatic heterocycles. The third-order valence-corrected chi connectivity index (χ3v) is 12.0. The Kier molecular flexibility index (Phi) is 8.15. The van der Waals surface area contributed by atoms with Gasteiger partial charge >= 0.3 is 0 Å². The Balaban J connectivity index is 1.04. The van der Waals surface area contributed by atoms with Crippen molar-refractivity contribution in [2.24, 2.45) is 0 Å². The fourth-order valence-corrected chi connectivity index (χ4v) is 9.27. The summed E-state index contributed by atoms with van der Waals surface area (Å²) >= 11 is 0. The van der Waals surface area contributed by atoms with Gasteiger partial charge in [-0.05, 0) is 195 Å². The van der Waals surface area contributed by atoms with Gasteiger partial charge in [-0.1, -0.05) is 59.7 Å². The van der Waals surface area contributed by atoms with E-state index < -0.39 is 0 Å². The lowest BCUT2D eigenvalue weighted by atomic mass is 10.0. The predicted molar refractivity (Wildman–Crippen MR) is 254 cm³/mol. The highest BCUT2D eigenvalue weighted by molar-refractivity contribution is 6.24. The van der Waals surface area contributed by atoms with Gasteiger partial charge in [0.2, 0.25) is 0 Å². The molecule has 0 spiro atoms. The van der Waals surface area contributed by atoms with E-state index in [2.05, 4.69) is 209 Å². The van der Waals surface area contributed by atoms with Crippen molar-refractivity contribution in [1.29, 1.82) is 0 Å². The highest BCUT2D eigenvalue weighted by atomic mass is 16.3. The molecular formula is C56H44N2O2. The maximum Gasteiger partial charge on any atom is 0.147 e. The van der Waals surface area contributed by atoms with Crippen LogP contribution in [0.25, 0.3) is 65.4 Å². The van der Waals surface area contributed by atoms with Gasteiger partial charge in [0.1, 0.15) is 22.3 Å². The molecule has 11 rings (SSSR count). The van der Waals surface area contributed by atoms with E-state index in [-0.39, 0.29) is 0 Å². The fraction of sp³-hybridized carbons (Fsp3) is 0.107. The van der Waals surface area contributed by atoms with Crippen LogP contribution in [0, 0.1) is 41.5 Å². The Labute approximate surface area is 349 Å². The van der Waals surface area contributed by atoms with Crippen LogP contribution in [0.1, 0.15) is 33.4 Å². The maximum absolute atomic E-state index is 6.86. The molecule has 11 aromatic rings. The van der Waals surface area contributed by atoms with E-state index in [1.54, 1.807) is 0 Å². The summed E-state index contributed by atoms with van der Waals surface area (Å²) in [5, 5.41) is 8.78. The van der Waals surface area contributed by atoms with Gasteiger partial charge in [0.05, 0.1) is 5.39 Å². The highest BCUT2D eigenvalue weighted by Crippen LogP contribution is 2.44. The van der Waals surface area contributed by atoms with Crippen LogP contribution in [0.5, 0.6) is 0 Å². The van der Waals surface area contributed by atoms with Crippen LogP contribution in [0.2, 0.25) is 0 Å². The molecule has 4 heteroatoms. The molecule has 0 fully saturated rings. The molecule has 0 amide bonds. The normalized spacial score (nSPS) is 11.8. The Morgan fingerprint density at radius 3 is 1.23 bits per heavy atom. The number of hydrogen-bond acceptors (Lipinski definition) is 4. The summed E-state index contributed by atoms with van der Waals surface area (Å²) in [5.74, 6) is 0. The Morgan fingerprint density at radius 2 is 0.733 bits per heavy atom. The third-order valence-electron chi connectivity index (χ3n) is 12.0. The molecule has 9 aromatic carbocycles. The van der Waals surface area contributed by atoms with E-state index in [1.165, 1.54) is 33.4 Å². The lowest BCUT2D eigenvalue weighted by Gasteiger charge is -2.26.